The molecule has 0 fully saturated rings. The first kappa shape index (κ1) is 17.2. The van der Waals surface area contributed by atoms with Crippen molar-refractivity contribution in [3.63, 3.8) is 0 Å². The summed E-state index contributed by atoms with van der Waals surface area (Å²) in [4.78, 5) is 28.6. The molecule has 27 heavy (non-hydrogen) atoms. The highest BCUT2D eigenvalue weighted by molar-refractivity contribution is 5.97. The van der Waals surface area contributed by atoms with Crippen molar-refractivity contribution in [1.29, 1.82) is 0 Å². The van der Waals surface area contributed by atoms with Crippen molar-refractivity contribution in [3.05, 3.63) is 63.4 Å². The van der Waals surface area contributed by atoms with E-state index in [9.17, 15) is 14.0 Å². The number of rotatable bonds is 4. The van der Waals surface area contributed by atoms with Crippen LogP contribution in [0.1, 0.15) is 21.5 Å². The summed E-state index contributed by atoms with van der Waals surface area (Å²) in [6.45, 7) is 0.643. The summed E-state index contributed by atoms with van der Waals surface area (Å²) in [5, 5.41) is 9.27. The largest absolute Gasteiger partial charge is 0.477 e. The van der Waals surface area contributed by atoms with Crippen molar-refractivity contribution < 1.29 is 19.0 Å². The number of alkyl halides is 1. The monoisotopic (exact) mass is 368 g/mol. The van der Waals surface area contributed by atoms with Crippen molar-refractivity contribution in [2.24, 2.45) is 0 Å². The maximum Gasteiger partial charge on any atom is 0.341 e. The van der Waals surface area contributed by atoms with Crippen LogP contribution >= 0.6 is 0 Å². The van der Waals surface area contributed by atoms with Gasteiger partial charge in [0.2, 0.25) is 12.3 Å². The van der Waals surface area contributed by atoms with E-state index in [4.69, 9.17) is 9.84 Å². The number of ether oxygens (including phenoxy) is 1. The van der Waals surface area contributed by atoms with Gasteiger partial charge < -0.3 is 14.8 Å². The van der Waals surface area contributed by atoms with E-state index in [1.165, 1.54) is 11.1 Å². The predicted molar refractivity (Wildman–Crippen MR) is 98.7 cm³/mol. The number of carboxylic acids is 1. The number of nitrogens with one attached hydrogen (secondary N) is 1. The molecule has 2 aromatic carbocycles. The van der Waals surface area contributed by atoms with Crippen molar-refractivity contribution >= 4 is 16.9 Å². The average molecular weight is 368 g/mol. The number of fused-ring (bicyclic) bond motifs is 2. The molecule has 1 aromatic heterocycles. The Labute approximate surface area is 153 Å². The molecule has 1 aliphatic rings. The SMILES string of the molecule is CN1Cc2ccc(-c3ccc4c(=O)c(C(=O)O)c[nH]c4c3OCF)cc2C1. The van der Waals surface area contributed by atoms with Crippen LogP contribution in [0, 0.1) is 0 Å². The zero-order valence-corrected chi connectivity index (χ0v) is 14.6. The standard InChI is InChI=1S/C20H17FN2O4/c1-23-8-12-3-2-11(6-13(12)9-23)14-4-5-15-17(19(14)27-10-21)22-7-16(18(15)24)20(25)26/h2-7H,8-10H2,1H3,(H,22,24)(H,25,26). The predicted octanol–water partition coefficient (Wildman–Crippen LogP) is 3.14. The fraction of sp³-hybridized carbons (Fsp3) is 0.200. The highest BCUT2D eigenvalue weighted by Crippen LogP contribution is 2.37. The zero-order chi connectivity index (χ0) is 19.1. The molecule has 0 aliphatic carbocycles. The number of carbonyl (C=O) groups is 1. The van der Waals surface area contributed by atoms with Crippen LogP contribution in [-0.2, 0) is 13.1 Å². The molecular weight excluding hydrogens is 351 g/mol. The first-order valence-corrected chi connectivity index (χ1v) is 8.40. The second-order valence-electron chi connectivity index (χ2n) is 6.61. The molecular formula is C20H17FN2O4. The summed E-state index contributed by atoms with van der Waals surface area (Å²) < 4.78 is 18.3. The van der Waals surface area contributed by atoms with E-state index in [0.29, 0.717) is 5.56 Å². The van der Waals surface area contributed by atoms with Crippen LogP contribution < -0.4 is 10.2 Å². The molecule has 1 aliphatic heterocycles. The van der Waals surface area contributed by atoms with Crippen LogP contribution in [0.5, 0.6) is 5.75 Å². The van der Waals surface area contributed by atoms with Crippen molar-refractivity contribution in [3.8, 4) is 16.9 Å². The summed E-state index contributed by atoms with van der Waals surface area (Å²) in [7, 11) is 2.04. The van der Waals surface area contributed by atoms with Crippen LogP contribution in [0.15, 0.2) is 41.3 Å². The molecule has 0 saturated heterocycles. The van der Waals surface area contributed by atoms with Gasteiger partial charge in [-0.15, -0.1) is 0 Å². The lowest BCUT2D eigenvalue weighted by molar-refractivity contribution is 0.0695. The van der Waals surface area contributed by atoms with E-state index in [0.717, 1.165) is 24.8 Å². The lowest BCUT2D eigenvalue weighted by Gasteiger charge is -2.13. The number of hydrogen-bond acceptors (Lipinski definition) is 4. The van der Waals surface area contributed by atoms with E-state index in [1.54, 1.807) is 12.1 Å². The van der Waals surface area contributed by atoms with Crippen LogP contribution in [0.25, 0.3) is 22.0 Å². The minimum atomic E-state index is -1.32. The lowest BCUT2D eigenvalue weighted by atomic mass is 9.98. The highest BCUT2D eigenvalue weighted by atomic mass is 19.1. The van der Waals surface area contributed by atoms with Gasteiger partial charge in [-0.05, 0) is 41.9 Å². The molecule has 0 radical (unpaired) electrons. The average Bonchev–Trinajstić information content (AvgIpc) is 3.01. The maximum absolute atomic E-state index is 13.1. The molecule has 7 heteroatoms. The molecule has 2 heterocycles. The Kier molecular flexibility index (Phi) is 4.16. The highest BCUT2D eigenvalue weighted by Gasteiger charge is 2.20. The van der Waals surface area contributed by atoms with Crippen molar-refractivity contribution in [2.45, 2.75) is 13.1 Å². The van der Waals surface area contributed by atoms with Gasteiger partial charge in [0.05, 0.1) is 10.9 Å². The Hall–Kier alpha value is -3.19. The van der Waals surface area contributed by atoms with Gasteiger partial charge in [-0.1, -0.05) is 12.1 Å². The summed E-state index contributed by atoms with van der Waals surface area (Å²) in [5.74, 6) is -1.13. The number of aromatic nitrogens is 1. The summed E-state index contributed by atoms with van der Waals surface area (Å²) in [5.41, 5.74) is 3.18. The Morgan fingerprint density at radius 1 is 1.26 bits per heavy atom. The molecule has 6 nitrogen and oxygen atoms in total. The third kappa shape index (κ3) is 2.86. The van der Waals surface area contributed by atoms with Gasteiger partial charge >= 0.3 is 5.97 Å². The second kappa shape index (κ2) is 6.51. The zero-order valence-electron chi connectivity index (χ0n) is 14.6. The number of carboxylic acid groups (broad SMARTS) is 1. The molecule has 0 amide bonds. The molecule has 0 saturated carbocycles. The first-order valence-electron chi connectivity index (χ1n) is 8.40. The number of pyridine rings is 1. The van der Waals surface area contributed by atoms with Crippen LogP contribution in [0.2, 0.25) is 0 Å². The Balaban J connectivity index is 1.93. The van der Waals surface area contributed by atoms with Crippen LogP contribution in [0.3, 0.4) is 0 Å². The molecule has 0 bridgehead atoms. The van der Waals surface area contributed by atoms with Crippen molar-refractivity contribution in [2.75, 3.05) is 13.9 Å². The summed E-state index contributed by atoms with van der Waals surface area (Å²) >= 11 is 0. The van der Waals surface area contributed by atoms with Gasteiger partial charge in [-0.3, -0.25) is 9.69 Å². The number of hydrogen-bond donors (Lipinski definition) is 2. The van der Waals surface area contributed by atoms with Gasteiger partial charge in [0, 0.05) is 24.8 Å². The molecule has 138 valence electrons. The van der Waals surface area contributed by atoms with Crippen LogP contribution in [0.4, 0.5) is 4.39 Å². The Bertz CT molecular complexity index is 1120. The summed E-state index contributed by atoms with van der Waals surface area (Å²) in [6.07, 6.45) is 1.11. The number of halogens is 1. The third-order valence-corrected chi connectivity index (χ3v) is 4.83. The van der Waals surface area contributed by atoms with Gasteiger partial charge in [0.15, 0.2) is 5.75 Å². The molecule has 3 aromatic rings. The minimum absolute atomic E-state index is 0.142. The number of H-pyrrole nitrogens is 1. The Morgan fingerprint density at radius 2 is 2.04 bits per heavy atom. The number of benzene rings is 2. The van der Waals surface area contributed by atoms with Gasteiger partial charge in [-0.2, -0.15) is 0 Å². The van der Waals surface area contributed by atoms with E-state index in [1.807, 2.05) is 25.2 Å². The topological polar surface area (TPSA) is 82.6 Å². The van der Waals surface area contributed by atoms with Crippen molar-refractivity contribution in [1.82, 2.24) is 9.88 Å². The van der Waals surface area contributed by atoms with Gasteiger partial charge in [0.1, 0.15) is 5.56 Å². The van der Waals surface area contributed by atoms with E-state index in [-0.39, 0.29) is 22.2 Å². The first-order chi connectivity index (χ1) is 13.0. The smallest absolute Gasteiger partial charge is 0.341 e. The molecule has 0 unspecified atom stereocenters. The van der Waals surface area contributed by atoms with E-state index in [2.05, 4.69) is 9.88 Å². The molecule has 0 atom stereocenters. The lowest BCUT2D eigenvalue weighted by Crippen LogP contribution is -2.15. The summed E-state index contributed by atoms with van der Waals surface area (Å²) in [6, 6.07) is 9.21. The molecule has 2 N–H and O–H groups in total. The minimum Gasteiger partial charge on any atom is -0.477 e. The fourth-order valence-corrected chi connectivity index (χ4v) is 3.59. The second-order valence-corrected chi connectivity index (χ2v) is 6.61. The number of aromatic carboxylic acids is 1. The normalized spacial score (nSPS) is 13.7. The van der Waals surface area contributed by atoms with Gasteiger partial charge in [-0.25, -0.2) is 9.18 Å². The molecule has 4 rings (SSSR count). The third-order valence-electron chi connectivity index (χ3n) is 4.83. The Morgan fingerprint density at radius 3 is 2.78 bits per heavy atom. The quantitative estimate of drug-likeness (QED) is 0.739. The number of nitrogens with zero attached hydrogens (tertiary/aromatic N) is 1. The van der Waals surface area contributed by atoms with E-state index < -0.39 is 18.3 Å². The maximum atomic E-state index is 13.1. The fourth-order valence-electron chi connectivity index (χ4n) is 3.59. The number of aromatic amines is 1. The van der Waals surface area contributed by atoms with E-state index >= 15 is 0 Å². The van der Waals surface area contributed by atoms with Crippen LogP contribution in [-0.4, -0.2) is 34.9 Å². The molecule has 0 spiro atoms. The van der Waals surface area contributed by atoms with Gasteiger partial charge in [0.25, 0.3) is 0 Å².